The largest absolute Gasteiger partial charge is 0.383 e. The van der Waals surface area contributed by atoms with E-state index in [1.165, 1.54) is 0 Å². The Bertz CT molecular complexity index is 548. The Labute approximate surface area is 135 Å². The number of aromatic nitrogens is 2. The van der Waals surface area contributed by atoms with Gasteiger partial charge in [0.15, 0.2) is 0 Å². The van der Waals surface area contributed by atoms with Gasteiger partial charge >= 0.3 is 0 Å². The normalized spacial score (nSPS) is 24.1. The first-order valence-corrected chi connectivity index (χ1v) is 7.82. The van der Waals surface area contributed by atoms with Gasteiger partial charge in [-0.1, -0.05) is 0 Å². The predicted molar refractivity (Wildman–Crippen MR) is 80.5 cm³/mol. The van der Waals surface area contributed by atoms with Crippen LogP contribution in [0.1, 0.15) is 6.42 Å². The molecular weight excluding hydrogens is 300 g/mol. The third-order valence-electron chi connectivity index (χ3n) is 4.41. The first kappa shape index (κ1) is 15.9. The molecule has 2 atom stereocenters. The Morgan fingerprint density at radius 1 is 1.43 bits per heavy atom. The molecule has 2 fully saturated rings. The number of ether oxygens (including phenoxy) is 2. The maximum absolute atomic E-state index is 12.4. The molecule has 0 aliphatic carbocycles. The average Bonchev–Trinajstić information content (AvgIpc) is 3.21. The first-order valence-electron chi connectivity index (χ1n) is 7.82. The van der Waals surface area contributed by atoms with Crippen LogP contribution in [-0.4, -0.2) is 83.3 Å². The molecular formula is C15H22N4O4. The maximum Gasteiger partial charge on any atom is 0.249 e. The highest BCUT2D eigenvalue weighted by molar-refractivity contribution is 5.80. The Hall–Kier alpha value is -1.93. The summed E-state index contributed by atoms with van der Waals surface area (Å²) in [4.78, 5) is 32.0. The molecule has 1 aromatic heterocycles. The van der Waals surface area contributed by atoms with E-state index >= 15 is 0 Å². The van der Waals surface area contributed by atoms with Crippen molar-refractivity contribution in [3.63, 3.8) is 0 Å². The lowest BCUT2D eigenvalue weighted by atomic mass is 10.1. The highest BCUT2D eigenvalue weighted by Gasteiger charge is 2.44. The van der Waals surface area contributed by atoms with Gasteiger partial charge in [0.25, 0.3) is 0 Å². The molecule has 3 heterocycles. The van der Waals surface area contributed by atoms with Crippen LogP contribution in [0, 0.1) is 0 Å². The van der Waals surface area contributed by atoms with Crippen LogP contribution in [0.5, 0.6) is 0 Å². The first-order chi connectivity index (χ1) is 11.2. The van der Waals surface area contributed by atoms with Crippen molar-refractivity contribution in [3.05, 3.63) is 18.7 Å². The van der Waals surface area contributed by atoms with Gasteiger partial charge in [-0.25, -0.2) is 4.98 Å². The average molecular weight is 322 g/mol. The summed E-state index contributed by atoms with van der Waals surface area (Å²) >= 11 is 0. The number of carbonyl (C=O) groups is 2. The van der Waals surface area contributed by atoms with Crippen LogP contribution < -0.4 is 0 Å². The molecule has 2 saturated heterocycles. The Kier molecular flexibility index (Phi) is 4.92. The standard InChI is InChI=1S/C15H22N4O4/c1-22-7-6-19-12-8-18(9-13(12)23-10-15(19)21)14(20)2-4-17-5-3-16-11-17/h3,5,11-13H,2,4,6-10H2,1H3/t12-,13-/m0/s1. The van der Waals surface area contributed by atoms with Gasteiger partial charge in [-0.05, 0) is 0 Å². The van der Waals surface area contributed by atoms with Crippen molar-refractivity contribution in [2.45, 2.75) is 25.1 Å². The fourth-order valence-electron chi connectivity index (χ4n) is 3.15. The highest BCUT2D eigenvalue weighted by Crippen LogP contribution is 2.24. The van der Waals surface area contributed by atoms with Gasteiger partial charge in [0.1, 0.15) is 6.61 Å². The summed E-state index contributed by atoms with van der Waals surface area (Å²) < 4.78 is 12.6. The summed E-state index contributed by atoms with van der Waals surface area (Å²) in [5.41, 5.74) is 0. The quantitative estimate of drug-likeness (QED) is 0.696. The number of carbonyl (C=O) groups excluding carboxylic acids is 2. The molecule has 0 aromatic carbocycles. The number of hydrogen-bond acceptors (Lipinski definition) is 5. The van der Waals surface area contributed by atoms with E-state index in [1.807, 2.05) is 10.8 Å². The molecule has 0 spiro atoms. The predicted octanol–water partition coefficient (Wildman–Crippen LogP) is -0.642. The van der Waals surface area contributed by atoms with Crippen molar-refractivity contribution in [2.24, 2.45) is 0 Å². The van der Waals surface area contributed by atoms with Gasteiger partial charge in [0, 0.05) is 52.1 Å². The second-order valence-electron chi connectivity index (χ2n) is 5.85. The number of methoxy groups -OCH3 is 1. The minimum absolute atomic E-state index is 0.0315. The summed E-state index contributed by atoms with van der Waals surface area (Å²) in [6.45, 7) is 2.80. The fourth-order valence-corrected chi connectivity index (χ4v) is 3.15. The molecule has 0 radical (unpaired) electrons. The maximum atomic E-state index is 12.4. The number of imidazole rings is 1. The van der Waals surface area contributed by atoms with Crippen molar-refractivity contribution in [1.82, 2.24) is 19.4 Å². The van der Waals surface area contributed by atoms with Crippen molar-refractivity contribution in [1.29, 1.82) is 0 Å². The number of nitrogens with zero attached hydrogens (tertiary/aromatic N) is 4. The summed E-state index contributed by atoms with van der Waals surface area (Å²) in [5, 5.41) is 0. The smallest absolute Gasteiger partial charge is 0.249 e. The van der Waals surface area contributed by atoms with Crippen LogP contribution in [0.2, 0.25) is 0 Å². The van der Waals surface area contributed by atoms with Crippen LogP contribution in [0.3, 0.4) is 0 Å². The lowest BCUT2D eigenvalue weighted by molar-refractivity contribution is -0.153. The van der Waals surface area contributed by atoms with Gasteiger partial charge in [-0.2, -0.15) is 0 Å². The summed E-state index contributed by atoms with van der Waals surface area (Å²) in [6, 6.07) is -0.0661. The van der Waals surface area contributed by atoms with Crippen LogP contribution >= 0.6 is 0 Å². The van der Waals surface area contributed by atoms with E-state index in [0.717, 1.165) is 0 Å². The zero-order valence-electron chi connectivity index (χ0n) is 13.3. The monoisotopic (exact) mass is 322 g/mol. The van der Waals surface area contributed by atoms with Crippen molar-refractivity contribution in [2.75, 3.05) is 40.0 Å². The molecule has 3 rings (SSSR count). The lowest BCUT2D eigenvalue weighted by Crippen LogP contribution is -2.54. The van der Waals surface area contributed by atoms with Crippen LogP contribution in [0.25, 0.3) is 0 Å². The second kappa shape index (κ2) is 7.10. The van der Waals surface area contributed by atoms with E-state index in [-0.39, 0.29) is 30.6 Å². The SMILES string of the molecule is COCCN1C(=O)CO[C@H]2CN(C(=O)CCn3ccnc3)C[C@@H]21. The lowest BCUT2D eigenvalue weighted by Gasteiger charge is -2.36. The number of rotatable bonds is 6. The molecule has 23 heavy (non-hydrogen) atoms. The fraction of sp³-hybridized carbons (Fsp3) is 0.667. The van der Waals surface area contributed by atoms with E-state index in [2.05, 4.69) is 4.98 Å². The van der Waals surface area contributed by atoms with E-state index in [4.69, 9.17) is 9.47 Å². The zero-order chi connectivity index (χ0) is 16.2. The Morgan fingerprint density at radius 3 is 3.04 bits per heavy atom. The molecule has 8 heteroatoms. The number of fused-ring (bicyclic) bond motifs is 1. The van der Waals surface area contributed by atoms with Gasteiger partial charge < -0.3 is 23.8 Å². The summed E-state index contributed by atoms with van der Waals surface area (Å²) in [7, 11) is 1.61. The van der Waals surface area contributed by atoms with Gasteiger partial charge in [0.2, 0.25) is 11.8 Å². The minimum atomic E-state index is -0.0956. The van der Waals surface area contributed by atoms with E-state index in [0.29, 0.717) is 39.2 Å². The van der Waals surface area contributed by atoms with Crippen molar-refractivity contribution >= 4 is 11.8 Å². The van der Waals surface area contributed by atoms with E-state index < -0.39 is 0 Å². The third kappa shape index (κ3) is 3.53. The van der Waals surface area contributed by atoms with E-state index in [9.17, 15) is 9.59 Å². The minimum Gasteiger partial charge on any atom is -0.383 e. The summed E-state index contributed by atoms with van der Waals surface area (Å²) in [6.07, 6.45) is 5.56. The molecule has 2 aliphatic heterocycles. The molecule has 0 bridgehead atoms. The third-order valence-corrected chi connectivity index (χ3v) is 4.41. The Balaban J connectivity index is 1.57. The number of morpholine rings is 1. The number of amides is 2. The van der Waals surface area contributed by atoms with Crippen LogP contribution in [0.15, 0.2) is 18.7 Å². The molecule has 0 saturated carbocycles. The van der Waals surface area contributed by atoms with Gasteiger partial charge in [0.05, 0.1) is 25.1 Å². The zero-order valence-corrected chi connectivity index (χ0v) is 13.3. The number of likely N-dealkylation sites (tertiary alicyclic amines) is 1. The molecule has 0 unspecified atom stereocenters. The molecule has 2 amide bonds. The van der Waals surface area contributed by atoms with Crippen LogP contribution in [0.4, 0.5) is 0 Å². The van der Waals surface area contributed by atoms with Crippen molar-refractivity contribution < 1.29 is 19.1 Å². The van der Waals surface area contributed by atoms with Gasteiger partial charge in [-0.15, -0.1) is 0 Å². The molecule has 2 aliphatic rings. The Morgan fingerprint density at radius 2 is 2.30 bits per heavy atom. The second-order valence-corrected chi connectivity index (χ2v) is 5.85. The highest BCUT2D eigenvalue weighted by atomic mass is 16.5. The topological polar surface area (TPSA) is 76.9 Å². The molecule has 1 aromatic rings. The van der Waals surface area contributed by atoms with Crippen molar-refractivity contribution in [3.8, 4) is 0 Å². The molecule has 126 valence electrons. The van der Waals surface area contributed by atoms with Gasteiger partial charge in [-0.3, -0.25) is 9.59 Å². The van der Waals surface area contributed by atoms with Crippen LogP contribution in [-0.2, 0) is 25.6 Å². The number of hydrogen-bond donors (Lipinski definition) is 0. The molecule has 8 nitrogen and oxygen atoms in total. The molecule has 0 N–H and O–H groups in total. The number of aryl methyl sites for hydroxylation is 1. The summed E-state index contributed by atoms with van der Waals surface area (Å²) in [5.74, 6) is 0.0480. The van der Waals surface area contributed by atoms with E-state index in [1.54, 1.807) is 29.4 Å².